The van der Waals surface area contributed by atoms with Gasteiger partial charge in [-0.05, 0) is 18.6 Å². The smallest absolute Gasteiger partial charge is 0.394 e. The molecule has 0 aliphatic heterocycles. The lowest BCUT2D eigenvalue weighted by Crippen LogP contribution is -2.22. The number of rotatable bonds is 6. The van der Waals surface area contributed by atoms with Crippen molar-refractivity contribution >= 4 is 27.7 Å². The fraction of sp³-hybridized carbons (Fsp3) is 0.333. The predicted molar refractivity (Wildman–Crippen MR) is 88.7 cm³/mol. The van der Waals surface area contributed by atoms with Gasteiger partial charge in [-0.25, -0.2) is 4.98 Å². The molecule has 2 aromatic rings. The van der Waals surface area contributed by atoms with Gasteiger partial charge in [0.15, 0.2) is 5.69 Å². The topological polar surface area (TPSA) is 70.1 Å². The van der Waals surface area contributed by atoms with Crippen LogP contribution in [0.25, 0.3) is 0 Å². The fourth-order valence-corrected chi connectivity index (χ4v) is 2.27. The Morgan fingerprint density at radius 1 is 1.25 bits per heavy atom. The molecular formula is C15H16BrF3N4O. The third-order valence-electron chi connectivity index (χ3n) is 3.08. The van der Waals surface area contributed by atoms with E-state index in [0.717, 1.165) is 16.1 Å². The summed E-state index contributed by atoms with van der Waals surface area (Å²) in [5, 5.41) is 14.5. The molecule has 0 amide bonds. The maximum absolute atomic E-state index is 13.0. The van der Waals surface area contributed by atoms with Crippen LogP contribution in [-0.4, -0.2) is 27.7 Å². The zero-order chi connectivity index (χ0) is 17.7. The lowest BCUT2D eigenvalue weighted by molar-refractivity contribution is -0.141. The van der Waals surface area contributed by atoms with Crippen LogP contribution >= 0.6 is 15.9 Å². The molecule has 0 radical (unpaired) electrons. The number of aromatic nitrogens is 2. The van der Waals surface area contributed by atoms with Crippen LogP contribution in [0.1, 0.15) is 18.2 Å². The monoisotopic (exact) mass is 404 g/mol. The molecule has 0 aliphatic carbocycles. The van der Waals surface area contributed by atoms with E-state index in [0.29, 0.717) is 6.54 Å². The minimum absolute atomic E-state index is 0.0423. The summed E-state index contributed by atoms with van der Waals surface area (Å²) < 4.78 is 39.8. The van der Waals surface area contributed by atoms with E-state index in [2.05, 4.69) is 36.5 Å². The highest BCUT2D eigenvalue weighted by molar-refractivity contribution is 9.10. The second-order valence-electron chi connectivity index (χ2n) is 5.13. The summed E-state index contributed by atoms with van der Waals surface area (Å²) >= 11 is 3.38. The summed E-state index contributed by atoms with van der Waals surface area (Å²) in [4.78, 5) is 7.48. The van der Waals surface area contributed by atoms with Gasteiger partial charge in [0.2, 0.25) is 5.95 Å². The number of nitrogens with zero attached hydrogens (tertiary/aromatic N) is 2. The molecule has 1 heterocycles. The third kappa shape index (κ3) is 5.07. The lowest BCUT2D eigenvalue weighted by atomic mass is 10.2. The Balaban J connectivity index is 2.24. The standard InChI is InChI=1S/C15H16BrF3N4O/c1-9(8-24)21-14-22-12(15(17,18)19)6-13(23-14)20-7-10-4-2-3-5-11(10)16/h2-6,9,24H,7-8H2,1H3,(H2,20,21,22,23)/t9-/m0/s1. The number of halogens is 4. The van der Waals surface area contributed by atoms with Gasteiger partial charge in [-0.1, -0.05) is 34.1 Å². The van der Waals surface area contributed by atoms with Crippen LogP contribution in [0.3, 0.4) is 0 Å². The Kier molecular flexibility index (Phi) is 6.00. The van der Waals surface area contributed by atoms with Crippen molar-refractivity contribution in [2.75, 3.05) is 17.2 Å². The Bertz CT molecular complexity index is 697. The van der Waals surface area contributed by atoms with Gasteiger partial charge in [0.1, 0.15) is 5.82 Å². The molecule has 3 N–H and O–H groups in total. The van der Waals surface area contributed by atoms with Crippen LogP contribution < -0.4 is 10.6 Å². The normalized spacial score (nSPS) is 12.8. The highest BCUT2D eigenvalue weighted by atomic mass is 79.9. The summed E-state index contributed by atoms with van der Waals surface area (Å²) in [5.41, 5.74) is -0.178. The van der Waals surface area contributed by atoms with Crippen molar-refractivity contribution in [2.45, 2.75) is 25.7 Å². The molecule has 0 saturated heterocycles. The molecule has 0 aliphatic rings. The van der Waals surface area contributed by atoms with Crippen LogP contribution in [0.5, 0.6) is 0 Å². The van der Waals surface area contributed by atoms with E-state index >= 15 is 0 Å². The molecule has 1 aromatic carbocycles. The quantitative estimate of drug-likeness (QED) is 0.685. The van der Waals surface area contributed by atoms with E-state index in [1.165, 1.54) is 0 Å². The van der Waals surface area contributed by atoms with Gasteiger partial charge in [0, 0.05) is 23.1 Å². The summed E-state index contributed by atoms with van der Waals surface area (Å²) in [6.45, 7) is 1.65. The van der Waals surface area contributed by atoms with E-state index in [1.54, 1.807) is 6.92 Å². The van der Waals surface area contributed by atoms with Gasteiger partial charge >= 0.3 is 6.18 Å². The largest absolute Gasteiger partial charge is 0.433 e. The van der Waals surface area contributed by atoms with Crippen molar-refractivity contribution in [3.63, 3.8) is 0 Å². The first-order valence-corrected chi connectivity index (χ1v) is 7.90. The maximum Gasteiger partial charge on any atom is 0.433 e. The molecule has 9 heteroatoms. The highest BCUT2D eigenvalue weighted by Crippen LogP contribution is 2.30. The number of aliphatic hydroxyl groups excluding tert-OH is 1. The van der Waals surface area contributed by atoms with Crippen molar-refractivity contribution in [1.82, 2.24) is 9.97 Å². The van der Waals surface area contributed by atoms with Gasteiger partial charge in [-0.15, -0.1) is 0 Å². The Hall–Kier alpha value is -1.87. The van der Waals surface area contributed by atoms with Gasteiger partial charge in [-0.3, -0.25) is 0 Å². The zero-order valence-corrected chi connectivity index (χ0v) is 14.3. The molecule has 0 unspecified atom stereocenters. The molecular weight excluding hydrogens is 389 g/mol. The number of hydrogen-bond acceptors (Lipinski definition) is 5. The number of nitrogens with one attached hydrogen (secondary N) is 2. The summed E-state index contributed by atoms with van der Waals surface area (Å²) in [5.74, 6) is -0.151. The molecule has 5 nitrogen and oxygen atoms in total. The average molecular weight is 405 g/mol. The van der Waals surface area contributed by atoms with Gasteiger partial charge in [0.05, 0.1) is 6.61 Å². The van der Waals surface area contributed by atoms with E-state index in [1.807, 2.05) is 24.3 Å². The second kappa shape index (κ2) is 7.80. The molecule has 2 rings (SSSR count). The number of alkyl halides is 3. The van der Waals surface area contributed by atoms with Crippen molar-refractivity contribution in [3.8, 4) is 0 Å². The first-order valence-electron chi connectivity index (χ1n) is 7.10. The van der Waals surface area contributed by atoms with E-state index < -0.39 is 17.9 Å². The number of anilines is 2. The molecule has 130 valence electrons. The minimum Gasteiger partial charge on any atom is -0.394 e. The van der Waals surface area contributed by atoms with Crippen molar-refractivity contribution in [1.29, 1.82) is 0 Å². The molecule has 0 fully saturated rings. The molecule has 24 heavy (non-hydrogen) atoms. The van der Waals surface area contributed by atoms with Crippen molar-refractivity contribution < 1.29 is 18.3 Å². The summed E-state index contributed by atoms with van der Waals surface area (Å²) in [7, 11) is 0. The van der Waals surface area contributed by atoms with Crippen molar-refractivity contribution in [2.24, 2.45) is 0 Å². The molecule has 1 atom stereocenters. The Morgan fingerprint density at radius 3 is 2.58 bits per heavy atom. The minimum atomic E-state index is -4.59. The Labute approximate surface area is 145 Å². The first kappa shape index (κ1) is 18.5. The van der Waals surface area contributed by atoms with Gasteiger partial charge < -0.3 is 15.7 Å². The van der Waals surface area contributed by atoms with Crippen LogP contribution in [0.4, 0.5) is 24.9 Å². The van der Waals surface area contributed by atoms with E-state index in [9.17, 15) is 13.2 Å². The van der Waals surface area contributed by atoms with Crippen LogP contribution in [-0.2, 0) is 12.7 Å². The van der Waals surface area contributed by atoms with E-state index in [-0.39, 0.29) is 18.4 Å². The second-order valence-corrected chi connectivity index (χ2v) is 5.99. The third-order valence-corrected chi connectivity index (χ3v) is 3.86. The fourth-order valence-electron chi connectivity index (χ4n) is 1.84. The average Bonchev–Trinajstić information content (AvgIpc) is 2.53. The summed E-state index contributed by atoms with van der Waals surface area (Å²) in [6.07, 6.45) is -4.59. The van der Waals surface area contributed by atoms with Crippen LogP contribution in [0.15, 0.2) is 34.8 Å². The number of hydrogen-bond donors (Lipinski definition) is 3. The SMILES string of the molecule is C[C@@H](CO)Nc1nc(NCc2ccccc2Br)cc(C(F)(F)F)n1. The van der Waals surface area contributed by atoms with Gasteiger partial charge in [-0.2, -0.15) is 18.2 Å². The van der Waals surface area contributed by atoms with E-state index in [4.69, 9.17) is 5.11 Å². The molecule has 0 saturated carbocycles. The zero-order valence-electron chi connectivity index (χ0n) is 12.7. The summed E-state index contributed by atoms with van der Waals surface area (Å²) in [6, 6.07) is 7.75. The highest BCUT2D eigenvalue weighted by Gasteiger charge is 2.33. The molecule has 0 spiro atoms. The van der Waals surface area contributed by atoms with Gasteiger partial charge in [0.25, 0.3) is 0 Å². The molecule has 0 bridgehead atoms. The lowest BCUT2D eigenvalue weighted by Gasteiger charge is -2.15. The maximum atomic E-state index is 13.0. The first-order chi connectivity index (χ1) is 11.3. The molecule has 1 aromatic heterocycles. The number of aliphatic hydroxyl groups is 1. The van der Waals surface area contributed by atoms with Crippen molar-refractivity contribution in [3.05, 3.63) is 46.1 Å². The van der Waals surface area contributed by atoms with Crippen LogP contribution in [0.2, 0.25) is 0 Å². The Morgan fingerprint density at radius 2 is 1.96 bits per heavy atom. The van der Waals surface area contributed by atoms with Crippen LogP contribution in [0, 0.1) is 0 Å². The predicted octanol–water partition coefficient (Wildman–Crippen LogP) is 3.66. The number of benzene rings is 1.